The number of carboxylic acids is 1. The summed E-state index contributed by atoms with van der Waals surface area (Å²) in [5.41, 5.74) is 0.0920. The maximum Gasteiger partial charge on any atom is 0.355 e. The van der Waals surface area contributed by atoms with Gasteiger partial charge in [-0.25, -0.2) is 9.78 Å². The number of hydrogen-bond donors (Lipinski definition) is 2. The summed E-state index contributed by atoms with van der Waals surface area (Å²) in [6.45, 7) is 0. The second-order valence-corrected chi connectivity index (χ2v) is 2.45. The van der Waals surface area contributed by atoms with Crippen molar-refractivity contribution in [3.8, 4) is 0 Å². The fourth-order valence-corrected chi connectivity index (χ4v) is 1.13. The summed E-state index contributed by atoms with van der Waals surface area (Å²) in [6, 6.07) is 0. The van der Waals surface area contributed by atoms with Gasteiger partial charge in [0.05, 0.1) is 0 Å². The smallest absolute Gasteiger partial charge is 0.355 e. The zero-order valence-corrected chi connectivity index (χ0v) is 6.10. The summed E-state index contributed by atoms with van der Waals surface area (Å²) >= 11 is 1.27. The number of anilines is 1. The zero-order chi connectivity index (χ0) is 7.56. The van der Waals surface area contributed by atoms with Gasteiger partial charge in [0.1, 0.15) is 0 Å². The molecule has 0 unspecified atom stereocenters. The molecule has 4 nitrogen and oxygen atoms in total. The Bertz CT molecular complexity index is 246. The molecule has 0 amide bonds. The fraction of sp³-hybridized carbons (Fsp3) is 0.200. The Morgan fingerprint density at radius 2 is 2.60 bits per heavy atom. The Kier molecular flexibility index (Phi) is 1.86. The first-order valence-corrected chi connectivity index (χ1v) is 3.48. The number of rotatable bonds is 2. The number of aromatic nitrogens is 1. The van der Waals surface area contributed by atoms with Crippen LogP contribution in [0, 0.1) is 0 Å². The van der Waals surface area contributed by atoms with E-state index in [-0.39, 0.29) is 5.69 Å². The molecule has 5 heteroatoms. The number of carboxylic acid groups (broad SMARTS) is 1. The first-order chi connectivity index (χ1) is 4.74. The predicted octanol–water partition coefficient (Wildman–Crippen LogP) is 0.883. The van der Waals surface area contributed by atoms with Crippen LogP contribution in [0.3, 0.4) is 0 Å². The van der Waals surface area contributed by atoms with Crippen molar-refractivity contribution < 1.29 is 9.90 Å². The van der Waals surface area contributed by atoms with Crippen molar-refractivity contribution in [1.29, 1.82) is 0 Å². The Morgan fingerprint density at radius 3 is 2.90 bits per heavy atom. The van der Waals surface area contributed by atoms with Crippen LogP contribution in [0.2, 0.25) is 0 Å². The van der Waals surface area contributed by atoms with Crippen LogP contribution in [-0.4, -0.2) is 23.1 Å². The minimum Gasteiger partial charge on any atom is -0.476 e. The van der Waals surface area contributed by atoms with E-state index in [9.17, 15) is 4.79 Å². The van der Waals surface area contributed by atoms with Crippen LogP contribution in [0.25, 0.3) is 0 Å². The topological polar surface area (TPSA) is 62.2 Å². The van der Waals surface area contributed by atoms with E-state index in [1.54, 1.807) is 7.05 Å². The van der Waals surface area contributed by atoms with Crippen molar-refractivity contribution >= 4 is 22.4 Å². The maximum absolute atomic E-state index is 10.2. The van der Waals surface area contributed by atoms with Gasteiger partial charge in [-0.15, -0.1) is 11.3 Å². The second kappa shape index (κ2) is 2.66. The molecule has 0 radical (unpaired) electrons. The van der Waals surface area contributed by atoms with E-state index in [0.29, 0.717) is 5.13 Å². The van der Waals surface area contributed by atoms with Gasteiger partial charge in [-0.2, -0.15) is 0 Å². The lowest BCUT2D eigenvalue weighted by Gasteiger charge is -1.86. The lowest BCUT2D eigenvalue weighted by atomic mass is 10.5. The van der Waals surface area contributed by atoms with Gasteiger partial charge in [-0.3, -0.25) is 0 Å². The number of nitrogens with zero attached hydrogens (tertiary/aromatic N) is 1. The molecule has 2 N–H and O–H groups in total. The van der Waals surface area contributed by atoms with Gasteiger partial charge in [0, 0.05) is 12.4 Å². The quantitative estimate of drug-likeness (QED) is 0.670. The molecule has 0 saturated heterocycles. The highest BCUT2D eigenvalue weighted by Gasteiger charge is 2.06. The van der Waals surface area contributed by atoms with Gasteiger partial charge in [0.15, 0.2) is 10.8 Å². The van der Waals surface area contributed by atoms with E-state index in [2.05, 4.69) is 10.3 Å². The summed E-state index contributed by atoms with van der Waals surface area (Å²) in [7, 11) is 1.70. The van der Waals surface area contributed by atoms with Gasteiger partial charge in [-0.1, -0.05) is 0 Å². The average Bonchev–Trinajstić information content (AvgIpc) is 2.34. The molecule has 0 aliphatic rings. The molecule has 0 aliphatic heterocycles. The summed E-state index contributed by atoms with van der Waals surface area (Å²) in [4.78, 5) is 14.0. The van der Waals surface area contributed by atoms with Gasteiger partial charge >= 0.3 is 5.97 Å². The number of thiazole rings is 1. The lowest BCUT2D eigenvalue weighted by molar-refractivity contribution is 0.0691. The van der Waals surface area contributed by atoms with Crippen molar-refractivity contribution in [2.45, 2.75) is 0 Å². The highest BCUT2D eigenvalue weighted by atomic mass is 32.1. The Balaban J connectivity index is 2.88. The van der Waals surface area contributed by atoms with Crippen LogP contribution in [0.1, 0.15) is 10.5 Å². The Morgan fingerprint density at radius 1 is 1.90 bits per heavy atom. The highest BCUT2D eigenvalue weighted by Crippen LogP contribution is 2.13. The van der Waals surface area contributed by atoms with Gasteiger partial charge < -0.3 is 10.4 Å². The molecular weight excluding hydrogens is 152 g/mol. The molecule has 1 heterocycles. The van der Waals surface area contributed by atoms with Crippen molar-refractivity contribution in [1.82, 2.24) is 4.98 Å². The molecule has 10 heavy (non-hydrogen) atoms. The predicted molar refractivity (Wildman–Crippen MR) is 38.6 cm³/mol. The molecular formula is C5H6N2O2S. The minimum absolute atomic E-state index is 0.0920. The van der Waals surface area contributed by atoms with E-state index < -0.39 is 5.97 Å². The van der Waals surface area contributed by atoms with Crippen LogP contribution in [0.4, 0.5) is 5.13 Å². The third-order valence-electron chi connectivity index (χ3n) is 0.937. The molecule has 0 spiro atoms. The Labute approximate surface area is 61.5 Å². The van der Waals surface area contributed by atoms with E-state index >= 15 is 0 Å². The summed E-state index contributed by atoms with van der Waals surface area (Å²) < 4.78 is 0. The number of carbonyl (C=O) groups is 1. The van der Waals surface area contributed by atoms with Gasteiger partial charge in [0.2, 0.25) is 0 Å². The van der Waals surface area contributed by atoms with Crippen LogP contribution in [0.15, 0.2) is 5.38 Å². The van der Waals surface area contributed by atoms with Crippen molar-refractivity contribution in [3.63, 3.8) is 0 Å². The molecule has 0 fully saturated rings. The van der Waals surface area contributed by atoms with Gasteiger partial charge in [-0.05, 0) is 0 Å². The van der Waals surface area contributed by atoms with E-state index in [1.807, 2.05) is 0 Å². The van der Waals surface area contributed by atoms with Gasteiger partial charge in [0.25, 0.3) is 0 Å². The van der Waals surface area contributed by atoms with E-state index in [4.69, 9.17) is 5.11 Å². The molecule has 0 aliphatic carbocycles. The number of aromatic carboxylic acids is 1. The van der Waals surface area contributed by atoms with E-state index in [1.165, 1.54) is 16.7 Å². The van der Waals surface area contributed by atoms with Crippen LogP contribution >= 0.6 is 11.3 Å². The molecule has 0 atom stereocenters. The lowest BCUT2D eigenvalue weighted by Crippen LogP contribution is -1.96. The molecule has 0 saturated carbocycles. The maximum atomic E-state index is 10.2. The van der Waals surface area contributed by atoms with E-state index in [0.717, 1.165) is 0 Å². The van der Waals surface area contributed by atoms with Crippen molar-refractivity contribution in [3.05, 3.63) is 11.1 Å². The number of hydrogen-bond acceptors (Lipinski definition) is 4. The summed E-state index contributed by atoms with van der Waals surface area (Å²) in [5.74, 6) is -0.988. The fourth-order valence-electron chi connectivity index (χ4n) is 0.487. The molecule has 0 aromatic carbocycles. The third kappa shape index (κ3) is 1.24. The van der Waals surface area contributed by atoms with Crippen LogP contribution in [-0.2, 0) is 0 Å². The molecule has 1 rings (SSSR count). The summed E-state index contributed by atoms with van der Waals surface area (Å²) in [5, 5.41) is 13.3. The SMILES string of the molecule is CNc1nc(C(=O)O)cs1. The largest absolute Gasteiger partial charge is 0.476 e. The standard InChI is InChI=1S/C5H6N2O2S/c1-6-5-7-3(2-10-5)4(8)9/h2H,1H3,(H,6,7)(H,8,9). The van der Waals surface area contributed by atoms with Crippen molar-refractivity contribution in [2.24, 2.45) is 0 Å². The average molecular weight is 158 g/mol. The zero-order valence-electron chi connectivity index (χ0n) is 5.29. The molecule has 1 aromatic rings. The highest BCUT2D eigenvalue weighted by molar-refractivity contribution is 7.13. The first kappa shape index (κ1) is 7.01. The van der Waals surface area contributed by atoms with Crippen molar-refractivity contribution in [2.75, 3.05) is 12.4 Å². The number of nitrogens with one attached hydrogen (secondary N) is 1. The molecule has 54 valence electrons. The molecule has 1 aromatic heterocycles. The minimum atomic E-state index is -0.988. The van der Waals surface area contributed by atoms with Crippen LogP contribution < -0.4 is 5.32 Å². The van der Waals surface area contributed by atoms with Crippen LogP contribution in [0.5, 0.6) is 0 Å². The third-order valence-corrected chi connectivity index (χ3v) is 1.80. The molecule has 0 bridgehead atoms. The Hall–Kier alpha value is -1.10. The first-order valence-electron chi connectivity index (χ1n) is 2.60. The normalized spacial score (nSPS) is 9.30. The summed E-state index contributed by atoms with van der Waals surface area (Å²) in [6.07, 6.45) is 0. The monoisotopic (exact) mass is 158 g/mol. The second-order valence-electron chi connectivity index (χ2n) is 1.59.